The van der Waals surface area contributed by atoms with Gasteiger partial charge in [-0.25, -0.2) is 0 Å². The molecule has 0 atom stereocenters. The van der Waals surface area contributed by atoms with E-state index in [0.29, 0.717) is 0 Å². The van der Waals surface area contributed by atoms with Crippen molar-refractivity contribution in [3.63, 3.8) is 0 Å². The second kappa shape index (κ2) is 8.26. The Morgan fingerprint density at radius 1 is 1.06 bits per heavy atom. The molecule has 0 bridgehead atoms. The molecule has 3 radical (unpaired) electrons. The SMILES string of the molecule is CN(C(=O)C(C)(C)C)c1cc[c]([Ge])cc1.O.O.O. The van der Waals surface area contributed by atoms with Gasteiger partial charge >= 0.3 is 99.7 Å². The van der Waals surface area contributed by atoms with Crippen molar-refractivity contribution in [2.24, 2.45) is 5.41 Å². The minimum Gasteiger partial charge on any atom is -0.412 e. The van der Waals surface area contributed by atoms with E-state index in [0.717, 1.165) is 5.69 Å². The minimum absolute atomic E-state index is 0. The third-order valence-electron chi connectivity index (χ3n) is 2.20. The number of amides is 1. The third kappa shape index (κ3) is 5.63. The topological polar surface area (TPSA) is 115 Å². The van der Waals surface area contributed by atoms with Crippen molar-refractivity contribution >= 4 is 32.5 Å². The largest absolute Gasteiger partial charge is 0.412 e. The van der Waals surface area contributed by atoms with E-state index in [1.165, 1.54) is 4.40 Å². The average molecular weight is 317 g/mol. The van der Waals surface area contributed by atoms with Crippen LogP contribution in [0.5, 0.6) is 0 Å². The molecule has 0 aliphatic carbocycles. The van der Waals surface area contributed by atoms with Crippen molar-refractivity contribution in [1.29, 1.82) is 0 Å². The second-order valence-electron chi connectivity index (χ2n) is 4.66. The molecule has 0 aromatic heterocycles. The van der Waals surface area contributed by atoms with Gasteiger partial charge in [0.25, 0.3) is 0 Å². The van der Waals surface area contributed by atoms with Crippen LogP contribution in [0.1, 0.15) is 20.8 Å². The molecule has 103 valence electrons. The van der Waals surface area contributed by atoms with Crippen LogP contribution in [0.4, 0.5) is 5.69 Å². The number of nitrogens with zero attached hydrogens (tertiary/aromatic N) is 1. The van der Waals surface area contributed by atoms with Gasteiger partial charge in [0, 0.05) is 0 Å². The maximum atomic E-state index is 12.0. The van der Waals surface area contributed by atoms with Crippen molar-refractivity contribution in [3.8, 4) is 0 Å². The summed E-state index contributed by atoms with van der Waals surface area (Å²) in [6.45, 7) is 5.79. The van der Waals surface area contributed by atoms with E-state index >= 15 is 0 Å². The first kappa shape index (κ1) is 22.3. The van der Waals surface area contributed by atoms with E-state index in [1.807, 2.05) is 68.6 Å². The number of rotatable bonds is 1. The summed E-state index contributed by atoms with van der Waals surface area (Å²) in [5.74, 6) is 0.131. The molecule has 0 unspecified atom stereocenters. The van der Waals surface area contributed by atoms with E-state index in [4.69, 9.17) is 0 Å². The van der Waals surface area contributed by atoms with E-state index in [1.54, 1.807) is 4.90 Å². The van der Waals surface area contributed by atoms with Crippen molar-refractivity contribution in [3.05, 3.63) is 24.3 Å². The molecule has 0 aliphatic heterocycles. The molecule has 1 aromatic rings. The van der Waals surface area contributed by atoms with Crippen LogP contribution >= 0.6 is 0 Å². The molecule has 1 aromatic carbocycles. The van der Waals surface area contributed by atoms with Crippen LogP contribution in [0.3, 0.4) is 0 Å². The van der Waals surface area contributed by atoms with Crippen molar-refractivity contribution in [1.82, 2.24) is 0 Å². The summed E-state index contributed by atoms with van der Waals surface area (Å²) in [6.07, 6.45) is 0. The molecule has 6 heteroatoms. The summed E-state index contributed by atoms with van der Waals surface area (Å²) in [6, 6.07) is 7.97. The van der Waals surface area contributed by atoms with Crippen LogP contribution in [0.2, 0.25) is 0 Å². The Kier molecular flexibility index (Phi) is 10.2. The normalized spacial score (nSPS) is 9.39. The number of carbonyl (C=O) groups is 1. The van der Waals surface area contributed by atoms with Gasteiger partial charge in [-0.3, -0.25) is 0 Å². The van der Waals surface area contributed by atoms with Gasteiger partial charge in [0.1, 0.15) is 0 Å². The zero-order valence-electron chi connectivity index (χ0n) is 11.2. The molecule has 1 amide bonds. The van der Waals surface area contributed by atoms with Gasteiger partial charge in [0.05, 0.1) is 0 Å². The number of hydrogen-bond acceptors (Lipinski definition) is 1. The summed E-state index contributed by atoms with van der Waals surface area (Å²) in [5.41, 5.74) is 0.611. The van der Waals surface area contributed by atoms with E-state index in [9.17, 15) is 4.79 Å². The van der Waals surface area contributed by atoms with E-state index < -0.39 is 0 Å². The van der Waals surface area contributed by atoms with Gasteiger partial charge in [-0.05, 0) is 0 Å². The van der Waals surface area contributed by atoms with Crippen LogP contribution in [-0.4, -0.2) is 45.9 Å². The fourth-order valence-corrected chi connectivity index (χ4v) is 1.66. The first-order chi connectivity index (χ1) is 6.82. The first-order valence-electron chi connectivity index (χ1n) is 4.92. The van der Waals surface area contributed by atoms with Crippen LogP contribution in [0.15, 0.2) is 24.3 Å². The van der Waals surface area contributed by atoms with Crippen LogP contribution in [0.25, 0.3) is 0 Å². The Hall–Kier alpha value is -0.887. The predicted molar refractivity (Wildman–Crippen MR) is 75.5 cm³/mol. The summed E-state index contributed by atoms with van der Waals surface area (Å²) in [4.78, 5) is 13.7. The Balaban J connectivity index is -0.000000750. The zero-order chi connectivity index (χ0) is 11.6. The third-order valence-corrected chi connectivity index (χ3v) is 2.90. The van der Waals surface area contributed by atoms with Crippen LogP contribution < -0.4 is 9.30 Å². The Morgan fingerprint density at radius 2 is 1.44 bits per heavy atom. The van der Waals surface area contributed by atoms with Gasteiger partial charge in [0.2, 0.25) is 0 Å². The van der Waals surface area contributed by atoms with Gasteiger partial charge in [-0.15, -0.1) is 0 Å². The molecule has 0 aliphatic rings. The smallest absolute Gasteiger partial charge is 0.412 e. The van der Waals surface area contributed by atoms with Crippen LogP contribution in [0, 0.1) is 5.41 Å². The summed E-state index contributed by atoms with van der Waals surface area (Å²) >= 11 is 2.04. The molecule has 0 fully saturated rings. The molecule has 0 spiro atoms. The molecular formula is C12H22GeNO4. The van der Waals surface area contributed by atoms with Gasteiger partial charge in [0.15, 0.2) is 0 Å². The monoisotopic (exact) mass is 318 g/mol. The Morgan fingerprint density at radius 3 is 1.78 bits per heavy atom. The molecule has 0 saturated carbocycles. The standard InChI is InChI=1S/C12H16GeNO.3H2O/c1-12(2,3)11(15)14(4)10-7-5-9(13)6-8-10;;;/h5-8H,1-4H3;3*1H2. The van der Waals surface area contributed by atoms with E-state index in [-0.39, 0.29) is 27.8 Å². The van der Waals surface area contributed by atoms with Crippen molar-refractivity contribution in [2.75, 3.05) is 11.9 Å². The van der Waals surface area contributed by atoms with Gasteiger partial charge in [-0.1, -0.05) is 0 Å². The predicted octanol–water partition coefficient (Wildman–Crippen LogP) is -0.985. The Labute approximate surface area is 116 Å². The summed E-state index contributed by atoms with van der Waals surface area (Å²) < 4.78 is 1.20. The molecule has 5 nitrogen and oxygen atoms in total. The first-order valence-corrected chi connectivity index (χ1v) is 5.97. The van der Waals surface area contributed by atoms with E-state index in [2.05, 4.69) is 0 Å². The number of hydrogen-bond donors (Lipinski definition) is 0. The quantitative estimate of drug-likeness (QED) is 0.608. The Bertz CT molecular complexity index is 359. The molecule has 18 heavy (non-hydrogen) atoms. The molecule has 0 heterocycles. The zero-order valence-corrected chi connectivity index (χ0v) is 13.3. The van der Waals surface area contributed by atoms with Gasteiger partial charge in [-0.2, -0.15) is 0 Å². The maximum Gasteiger partial charge on any atom is -0.412 e. The van der Waals surface area contributed by atoms with Crippen molar-refractivity contribution in [2.45, 2.75) is 20.8 Å². The van der Waals surface area contributed by atoms with Crippen LogP contribution in [-0.2, 0) is 4.79 Å². The fourth-order valence-electron chi connectivity index (χ4n) is 1.31. The van der Waals surface area contributed by atoms with Gasteiger partial charge < -0.3 is 16.4 Å². The molecule has 0 saturated heterocycles. The average Bonchev–Trinajstić information content (AvgIpc) is 2.15. The summed E-state index contributed by atoms with van der Waals surface area (Å²) in [5, 5.41) is 0. The second-order valence-corrected chi connectivity index (χ2v) is 5.87. The number of anilines is 1. The molecule has 1 rings (SSSR count). The fraction of sp³-hybridized carbons (Fsp3) is 0.417. The molecular weight excluding hydrogens is 295 g/mol. The number of carbonyl (C=O) groups excluding carboxylic acids is 1. The maximum absolute atomic E-state index is 12.0. The molecule has 6 N–H and O–H groups in total. The van der Waals surface area contributed by atoms with Crippen molar-refractivity contribution < 1.29 is 21.2 Å². The summed E-state index contributed by atoms with van der Waals surface area (Å²) in [7, 11) is 1.82. The minimum atomic E-state index is -0.334. The number of benzene rings is 1.